The van der Waals surface area contributed by atoms with E-state index in [1.165, 1.54) is 57.4 Å². The number of carboxylic acid groups (broad SMARTS) is 1. The summed E-state index contributed by atoms with van der Waals surface area (Å²) >= 11 is 0. The lowest BCUT2D eigenvalue weighted by molar-refractivity contribution is -0.303. The molecule has 0 aliphatic rings. The smallest absolute Gasteiger partial charge is 0.320 e. The van der Waals surface area contributed by atoms with Crippen LogP contribution in [0.25, 0.3) is 0 Å². The van der Waals surface area contributed by atoms with Crippen LogP contribution in [0.5, 0.6) is 0 Å². The Kier molecular flexibility index (Phi) is 11.8. The van der Waals surface area contributed by atoms with Gasteiger partial charge in [0.25, 0.3) is 0 Å². The third-order valence-electron chi connectivity index (χ3n) is 3.10. The maximum absolute atomic E-state index is 10.7. The van der Waals surface area contributed by atoms with Crippen molar-refractivity contribution in [3.8, 4) is 0 Å². The number of hydrogen-bond acceptors (Lipinski definition) is 2. The normalized spacial score (nSPS) is 11.7. The second-order valence-corrected chi connectivity index (χ2v) is 4.84. The van der Waals surface area contributed by atoms with Crippen LogP contribution in [-0.2, 0) is 4.79 Å². The molecule has 0 bridgehead atoms. The number of aliphatic carboxylic acids is 1. The van der Waals surface area contributed by atoms with Gasteiger partial charge < -0.3 is 10.2 Å². The monoisotopic (exact) mass is 255 g/mol. The Labute approximate surface area is 111 Å². The summed E-state index contributed by atoms with van der Waals surface area (Å²) in [5, 5.41) is 19.1. The van der Waals surface area contributed by atoms with Crippen LogP contribution in [0, 0.1) is 0 Å². The van der Waals surface area contributed by atoms with Gasteiger partial charge in [0.05, 0.1) is 0 Å². The SMILES string of the molecule is CCCCCCCCCCCC/C=C(\[O-])C(=O)O. The fraction of sp³-hybridized carbons (Fsp3) is 0.800. The largest absolute Gasteiger partial charge is 0.868 e. The molecule has 0 heterocycles. The zero-order valence-electron chi connectivity index (χ0n) is 11.6. The minimum Gasteiger partial charge on any atom is -0.868 e. The third-order valence-corrected chi connectivity index (χ3v) is 3.10. The van der Waals surface area contributed by atoms with Gasteiger partial charge in [-0.2, -0.15) is 0 Å². The highest BCUT2D eigenvalue weighted by Crippen LogP contribution is 2.11. The van der Waals surface area contributed by atoms with Gasteiger partial charge in [-0.3, -0.25) is 0 Å². The molecule has 106 valence electrons. The average Bonchev–Trinajstić information content (AvgIpc) is 2.35. The lowest BCUT2D eigenvalue weighted by Crippen LogP contribution is -2.13. The minimum atomic E-state index is -1.35. The average molecular weight is 255 g/mol. The van der Waals surface area contributed by atoms with E-state index >= 15 is 0 Å². The standard InChI is InChI=1S/C15H28O3/c1-2-3-4-5-6-7-8-9-10-11-12-13-14(16)15(17)18/h13,16H,2-12H2,1H3,(H,17,18)/p-1/b14-13-. The van der Waals surface area contributed by atoms with E-state index in [9.17, 15) is 9.90 Å². The van der Waals surface area contributed by atoms with Crippen molar-refractivity contribution in [2.45, 2.75) is 77.6 Å². The van der Waals surface area contributed by atoms with Gasteiger partial charge in [-0.1, -0.05) is 70.8 Å². The summed E-state index contributed by atoms with van der Waals surface area (Å²) < 4.78 is 0. The molecular formula is C15H27O3-. The minimum absolute atomic E-state index is 0.599. The Bertz CT molecular complexity index is 234. The van der Waals surface area contributed by atoms with Crippen LogP contribution < -0.4 is 5.11 Å². The van der Waals surface area contributed by atoms with Crippen LogP contribution in [-0.4, -0.2) is 11.1 Å². The number of allylic oxidation sites excluding steroid dienone is 1. The molecule has 3 nitrogen and oxygen atoms in total. The molecule has 1 N–H and O–H groups in total. The number of carboxylic acids is 1. The van der Waals surface area contributed by atoms with E-state index in [0.717, 1.165) is 12.8 Å². The first-order valence-corrected chi connectivity index (χ1v) is 7.29. The summed E-state index contributed by atoms with van der Waals surface area (Å²) in [7, 11) is 0. The summed E-state index contributed by atoms with van der Waals surface area (Å²) in [6, 6.07) is 0. The van der Waals surface area contributed by atoms with Crippen LogP contribution in [0.1, 0.15) is 77.6 Å². The summed E-state index contributed by atoms with van der Waals surface area (Å²) in [5.74, 6) is -2.12. The molecular weight excluding hydrogens is 228 g/mol. The van der Waals surface area contributed by atoms with Crippen LogP contribution in [0.3, 0.4) is 0 Å². The molecule has 18 heavy (non-hydrogen) atoms. The van der Waals surface area contributed by atoms with Gasteiger partial charge in [-0.15, -0.1) is 0 Å². The van der Waals surface area contributed by atoms with Gasteiger partial charge in [-0.25, -0.2) is 4.79 Å². The van der Waals surface area contributed by atoms with Crippen molar-refractivity contribution in [3.05, 3.63) is 11.8 Å². The van der Waals surface area contributed by atoms with Gasteiger partial charge in [-0.05, 0) is 18.6 Å². The van der Waals surface area contributed by atoms with Crippen molar-refractivity contribution in [1.29, 1.82) is 0 Å². The molecule has 0 aromatic rings. The van der Waals surface area contributed by atoms with Crippen LogP contribution >= 0.6 is 0 Å². The second kappa shape index (κ2) is 12.5. The number of unbranched alkanes of at least 4 members (excludes halogenated alkanes) is 10. The Morgan fingerprint density at radius 2 is 1.39 bits per heavy atom. The molecule has 0 aromatic carbocycles. The highest BCUT2D eigenvalue weighted by molar-refractivity contribution is 5.82. The van der Waals surface area contributed by atoms with Gasteiger partial charge in [0, 0.05) is 0 Å². The number of carbonyl (C=O) groups is 1. The van der Waals surface area contributed by atoms with E-state index in [-0.39, 0.29) is 0 Å². The van der Waals surface area contributed by atoms with E-state index in [4.69, 9.17) is 5.11 Å². The maximum atomic E-state index is 10.7. The van der Waals surface area contributed by atoms with Crippen molar-refractivity contribution >= 4 is 5.97 Å². The second-order valence-electron chi connectivity index (χ2n) is 4.84. The summed E-state index contributed by atoms with van der Waals surface area (Å²) in [6.07, 6.45) is 14.4. The molecule has 0 aliphatic heterocycles. The fourth-order valence-corrected chi connectivity index (χ4v) is 1.95. The zero-order valence-corrected chi connectivity index (χ0v) is 11.6. The fourth-order valence-electron chi connectivity index (χ4n) is 1.95. The molecule has 0 atom stereocenters. The topological polar surface area (TPSA) is 60.4 Å². The molecule has 0 aliphatic carbocycles. The van der Waals surface area contributed by atoms with E-state index < -0.39 is 11.7 Å². The molecule has 0 saturated carbocycles. The lowest BCUT2D eigenvalue weighted by atomic mass is 10.1. The Hall–Kier alpha value is -0.990. The molecule has 0 saturated heterocycles. The van der Waals surface area contributed by atoms with Crippen molar-refractivity contribution in [1.82, 2.24) is 0 Å². The Balaban J connectivity index is 3.17. The van der Waals surface area contributed by atoms with Crippen molar-refractivity contribution in [3.63, 3.8) is 0 Å². The Morgan fingerprint density at radius 3 is 1.83 bits per heavy atom. The van der Waals surface area contributed by atoms with Gasteiger partial charge in [0.15, 0.2) is 0 Å². The highest BCUT2D eigenvalue weighted by atomic mass is 16.4. The molecule has 0 aromatic heterocycles. The first kappa shape index (κ1) is 17.0. The molecule has 0 rings (SSSR count). The number of hydrogen-bond donors (Lipinski definition) is 1. The quantitative estimate of drug-likeness (QED) is 0.329. The van der Waals surface area contributed by atoms with Gasteiger partial charge in [0.1, 0.15) is 0 Å². The van der Waals surface area contributed by atoms with Crippen molar-refractivity contribution in [2.24, 2.45) is 0 Å². The van der Waals surface area contributed by atoms with Crippen molar-refractivity contribution in [2.75, 3.05) is 0 Å². The summed E-state index contributed by atoms with van der Waals surface area (Å²) in [6.45, 7) is 2.23. The number of rotatable bonds is 12. The first-order valence-electron chi connectivity index (χ1n) is 7.29. The van der Waals surface area contributed by atoms with E-state index in [2.05, 4.69) is 6.92 Å². The zero-order chi connectivity index (χ0) is 13.6. The maximum Gasteiger partial charge on any atom is 0.320 e. The third kappa shape index (κ3) is 11.5. The van der Waals surface area contributed by atoms with Crippen LogP contribution in [0.2, 0.25) is 0 Å². The van der Waals surface area contributed by atoms with E-state index in [0.29, 0.717) is 6.42 Å². The molecule has 0 radical (unpaired) electrons. The van der Waals surface area contributed by atoms with E-state index in [1.807, 2.05) is 0 Å². The molecule has 3 heteroatoms. The van der Waals surface area contributed by atoms with Gasteiger partial charge in [0.2, 0.25) is 0 Å². The summed E-state index contributed by atoms with van der Waals surface area (Å²) in [5.41, 5.74) is 0. The molecule has 0 fully saturated rings. The van der Waals surface area contributed by atoms with E-state index in [1.54, 1.807) is 0 Å². The summed E-state index contributed by atoms with van der Waals surface area (Å²) in [4.78, 5) is 10.2. The van der Waals surface area contributed by atoms with Crippen LogP contribution in [0.4, 0.5) is 0 Å². The Morgan fingerprint density at radius 1 is 0.944 bits per heavy atom. The molecule has 0 spiro atoms. The first-order chi connectivity index (χ1) is 8.68. The van der Waals surface area contributed by atoms with Crippen LogP contribution in [0.15, 0.2) is 11.8 Å². The predicted molar refractivity (Wildman–Crippen MR) is 72.2 cm³/mol. The van der Waals surface area contributed by atoms with Gasteiger partial charge >= 0.3 is 5.97 Å². The predicted octanol–water partition coefficient (Wildman–Crippen LogP) is 3.63. The lowest BCUT2D eigenvalue weighted by Gasteiger charge is -2.05. The highest BCUT2D eigenvalue weighted by Gasteiger charge is 1.94. The molecule has 0 amide bonds. The van der Waals surface area contributed by atoms with Crippen molar-refractivity contribution < 1.29 is 15.0 Å². The molecule has 0 unspecified atom stereocenters.